The Morgan fingerprint density at radius 2 is 1.97 bits per heavy atom. The van der Waals surface area contributed by atoms with Gasteiger partial charge in [-0.15, -0.1) is 10.2 Å². The van der Waals surface area contributed by atoms with Gasteiger partial charge in [0.15, 0.2) is 5.69 Å². The second-order valence-electron chi connectivity index (χ2n) is 10.4. The normalized spacial score (nSPS) is 22.8. The summed E-state index contributed by atoms with van der Waals surface area (Å²) in [6, 6.07) is 10.2. The third kappa shape index (κ3) is 5.34. The fourth-order valence-corrected chi connectivity index (χ4v) is 6.26. The summed E-state index contributed by atoms with van der Waals surface area (Å²) < 4.78 is 69.1. The number of hydrogen-bond donors (Lipinski definition) is 1. The number of anilines is 2. The van der Waals surface area contributed by atoms with Crippen molar-refractivity contribution in [2.24, 2.45) is 0 Å². The second-order valence-corrected chi connectivity index (χ2v) is 13.5. The first-order valence-corrected chi connectivity index (χ1v) is 15.5. The SMILES string of the molecule is CP(C)(=O)c1cc(N)c2nc1N1CCC[C@H]1C/C=C\CCC(OCc1ccccc1)(C(F)(F)F)c1nnc-2o1. The van der Waals surface area contributed by atoms with Crippen molar-refractivity contribution in [3.63, 3.8) is 0 Å². The molecular weight excluding hydrogens is 530 g/mol. The van der Waals surface area contributed by atoms with Gasteiger partial charge in [-0.05, 0) is 57.1 Å². The van der Waals surface area contributed by atoms with Gasteiger partial charge in [0.25, 0.3) is 11.8 Å². The van der Waals surface area contributed by atoms with Crippen molar-refractivity contribution in [1.29, 1.82) is 0 Å². The van der Waals surface area contributed by atoms with Crippen LogP contribution in [0, 0.1) is 0 Å². The molecule has 0 spiro atoms. The van der Waals surface area contributed by atoms with Crippen LogP contribution >= 0.6 is 7.14 Å². The standard InChI is InChI=1S/C27H31F3N5O3P/c1-39(2,36)21-16-20(31)22-24-33-34-25(38-24)26(27(28,29)30,37-17-18-10-5-3-6-11-18)14-8-4-7-12-19-13-9-15-35(19)23(21)32-22/h3-7,10-11,16,19H,8-9,12-15,17,31H2,1-2H3/b7-4-/t19-,26?/m1/s1. The summed E-state index contributed by atoms with van der Waals surface area (Å²) in [6.07, 6.45) is 0.796. The largest absolute Gasteiger partial charge is 0.426 e. The van der Waals surface area contributed by atoms with Crippen LogP contribution in [-0.2, 0) is 21.5 Å². The van der Waals surface area contributed by atoms with Gasteiger partial charge in [-0.2, -0.15) is 13.2 Å². The average molecular weight is 562 g/mol. The summed E-state index contributed by atoms with van der Waals surface area (Å²) in [7, 11) is -2.81. The van der Waals surface area contributed by atoms with E-state index in [1.807, 2.05) is 6.08 Å². The maximum Gasteiger partial charge on any atom is 0.426 e. The lowest BCUT2D eigenvalue weighted by molar-refractivity contribution is -0.299. The predicted octanol–water partition coefficient (Wildman–Crippen LogP) is 5.65. The molecule has 0 saturated carbocycles. The molecule has 2 aromatic heterocycles. The Balaban J connectivity index is 1.66. The molecule has 2 N–H and O–H groups in total. The van der Waals surface area contributed by atoms with Gasteiger partial charge in [0.1, 0.15) is 13.0 Å². The third-order valence-electron chi connectivity index (χ3n) is 7.24. The Kier molecular flexibility index (Phi) is 7.33. The van der Waals surface area contributed by atoms with Gasteiger partial charge in [-0.3, -0.25) is 0 Å². The molecule has 2 aliphatic rings. The minimum atomic E-state index is -4.86. The zero-order chi connectivity index (χ0) is 27.8. The number of rotatable bonds is 4. The van der Waals surface area contributed by atoms with E-state index in [9.17, 15) is 17.7 Å². The van der Waals surface area contributed by atoms with Crippen LogP contribution in [0.1, 0.15) is 43.6 Å². The van der Waals surface area contributed by atoms with E-state index in [0.29, 0.717) is 29.7 Å². The lowest BCUT2D eigenvalue weighted by Crippen LogP contribution is -2.45. The summed E-state index contributed by atoms with van der Waals surface area (Å²) in [5.74, 6) is -0.478. The highest BCUT2D eigenvalue weighted by molar-refractivity contribution is 7.70. The Morgan fingerprint density at radius 3 is 2.69 bits per heavy atom. The van der Waals surface area contributed by atoms with Crippen LogP contribution < -0.4 is 15.9 Å². The number of allylic oxidation sites excluding steroid dienone is 1. The van der Waals surface area contributed by atoms with Crippen LogP contribution in [0.25, 0.3) is 11.6 Å². The summed E-state index contributed by atoms with van der Waals surface area (Å²) in [5.41, 5.74) is 4.18. The van der Waals surface area contributed by atoms with Crippen molar-refractivity contribution in [2.75, 3.05) is 30.5 Å². The molecule has 0 amide bonds. The van der Waals surface area contributed by atoms with E-state index < -0.39 is 31.2 Å². The Bertz CT molecular complexity index is 1410. The van der Waals surface area contributed by atoms with E-state index in [-0.39, 0.29) is 36.3 Å². The highest BCUT2D eigenvalue weighted by Gasteiger charge is 2.61. The highest BCUT2D eigenvalue weighted by Crippen LogP contribution is 2.47. The van der Waals surface area contributed by atoms with Crippen molar-refractivity contribution in [2.45, 2.75) is 56.5 Å². The van der Waals surface area contributed by atoms with Gasteiger partial charge < -0.3 is 24.4 Å². The van der Waals surface area contributed by atoms with Gasteiger partial charge >= 0.3 is 6.18 Å². The second kappa shape index (κ2) is 10.4. The van der Waals surface area contributed by atoms with Crippen LogP contribution in [0.2, 0.25) is 0 Å². The molecule has 208 valence electrons. The summed E-state index contributed by atoms with van der Waals surface area (Å²) in [5, 5.41) is 8.28. The van der Waals surface area contributed by atoms with Crippen molar-refractivity contribution < 1.29 is 26.9 Å². The van der Waals surface area contributed by atoms with E-state index in [0.717, 1.165) is 12.8 Å². The number of nitrogens with two attached hydrogens (primary N) is 1. The smallest absolute Gasteiger partial charge is 0.416 e. The first kappa shape index (κ1) is 27.4. The van der Waals surface area contributed by atoms with Gasteiger partial charge in [-0.1, -0.05) is 42.5 Å². The number of nitrogen functional groups attached to an aromatic ring is 1. The number of fused-ring (bicyclic) bond motifs is 7. The molecule has 2 aliphatic heterocycles. The van der Waals surface area contributed by atoms with E-state index >= 15 is 0 Å². The van der Waals surface area contributed by atoms with Crippen molar-refractivity contribution in [1.82, 2.24) is 15.2 Å². The molecule has 8 nitrogen and oxygen atoms in total. The number of aromatic nitrogens is 3. The molecule has 1 unspecified atom stereocenters. The Morgan fingerprint density at radius 1 is 1.21 bits per heavy atom. The highest BCUT2D eigenvalue weighted by atomic mass is 31.2. The number of ether oxygens (including phenoxy) is 1. The minimum Gasteiger partial charge on any atom is -0.416 e. The quantitative estimate of drug-likeness (QED) is 0.322. The van der Waals surface area contributed by atoms with Crippen LogP contribution in [0.5, 0.6) is 0 Å². The molecule has 3 aromatic rings. The van der Waals surface area contributed by atoms with Crippen molar-refractivity contribution in [3.05, 3.63) is 60.0 Å². The topological polar surface area (TPSA) is 107 Å². The van der Waals surface area contributed by atoms with Gasteiger partial charge in [0.2, 0.25) is 5.60 Å². The molecule has 2 atom stereocenters. The first-order valence-electron chi connectivity index (χ1n) is 12.9. The molecule has 4 heterocycles. The Hall–Kier alpha value is -3.17. The van der Waals surface area contributed by atoms with E-state index in [1.165, 1.54) is 0 Å². The molecule has 1 fully saturated rings. The molecular formula is C27H31F3N5O3P. The van der Waals surface area contributed by atoms with Crippen LogP contribution in [0.3, 0.4) is 0 Å². The van der Waals surface area contributed by atoms with Crippen molar-refractivity contribution >= 4 is 24.0 Å². The number of alkyl halides is 3. The molecule has 0 radical (unpaired) electrons. The summed E-state index contributed by atoms with van der Waals surface area (Å²) in [6.45, 7) is 3.69. The summed E-state index contributed by atoms with van der Waals surface area (Å²) >= 11 is 0. The maximum absolute atomic E-state index is 14.8. The molecule has 39 heavy (non-hydrogen) atoms. The zero-order valence-electron chi connectivity index (χ0n) is 21.8. The monoisotopic (exact) mass is 561 g/mol. The fourth-order valence-electron chi connectivity index (χ4n) is 5.15. The number of pyridine rings is 1. The molecule has 12 heteroatoms. The van der Waals surface area contributed by atoms with Crippen LogP contribution in [0.4, 0.5) is 24.7 Å². The lowest BCUT2D eigenvalue weighted by Gasteiger charge is -2.32. The molecule has 1 saturated heterocycles. The van der Waals surface area contributed by atoms with E-state index in [1.54, 1.807) is 55.8 Å². The summed E-state index contributed by atoms with van der Waals surface area (Å²) in [4.78, 5) is 6.81. The van der Waals surface area contributed by atoms with E-state index in [2.05, 4.69) is 15.1 Å². The molecule has 0 aliphatic carbocycles. The van der Waals surface area contributed by atoms with Crippen molar-refractivity contribution in [3.8, 4) is 11.6 Å². The fraction of sp³-hybridized carbons (Fsp3) is 0.444. The van der Waals surface area contributed by atoms with E-state index in [4.69, 9.17) is 19.9 Å². The number of nitrogens with zero attached hydrogens (tertiary/aromatic N) is 4. The average Bonchev–Trinajstić information content (AvgIpc) is 3.55. The first-order chi connectivity index (χ1) is 18.5. The zero-order valence-corrected chi connectivity index (χ0v) is 22.7. The lowest BCUT2D eigenvalue weighted by atomic mass is 9.95. The predicted molar refractivity (Wildman–Crippen MR) is 143 cm³/mol. The molecule has 1 aromatic carbocycles. The molecule has 5 rings (SSSR count). The number of benzene rings is 1. The Labute approximate surface area is 224 Å². The van der Waals surface area contributed by atoms with Gasteiger partial charge in [0, 0.05) is 12.6 Å². The van der Waals surface area contributed by atoms with Gasteiger partial charge in [-0.25, -0.2) is 4.98 Å². The number of halogens is 3. The van der Waals surface area contributed by atoms with Crippen LogP contribution in [-0.4, -0.2) is 47.3 Å². The number of hydrogen-bond acceptors (Lipinski definition) is 8. The van der Waals surface area contributed by atoms with Crippen LogP contribution in [0.15, 0.2) is 53.0 Å². The minimum absolute atomic E-state index is 0.0540. The van der Waals surface area contributed by atoms with Gasteiger partial charge in [0.05, 0.1) is 17.6 Å². The maximum atomic E-state index is 14.8. The molecule has 4 bridgehead atoms. The third-order valence-corrected chi connectivity index (χ3v) is 8.73.